The van der Waals surface area contributed by atoms with Crippen molar-refractivity contribution >= 4 is 12.0 Å². The zero-order valence-corrected chi connectivity index (χ0v) is 14.7. The summed E-state index contributed by atoms with van der Waals surface area (Å²) in [4.78, 5) is 11.8. The molecule has 6 nitrogen and oxygen atoms in total. The van der Waals surface area contributed by atoms with Crippen molar-refractivity contribution in [1.29, 1.82) is 0 Å². The number of hydrogen-bond acceptors (Lipinski definition) is 4. The average Bonchev–Trinajstić information content (AvgIpc) is 3.16. The lowest BCUT2D eigenvalue weighted by atomic mass is 10.2. The van der Waals surface area contributed by atoms with E-state index in [1.807, 2.05) is 38.1 Å². The van der Waals surface area contributed by atoms with Gasteiger partial charge in [0.05, 0.1) is 6.61 Å². The molecule has 1 amide bonds. The van der Waals surface area contributed by atoms with E-state index in [1.165, 1.54) is 0 Å². The van der Waals surface area contributed by atoms with E-state index in [9.17, 15) is 4.79 Å². The van der Waals surface area contributed by atoms with E-state index in [2.05, 4.69) is 16.0 Å². The molecule has 1 aliphatic rings. The van der Waals surface area contributed by atoms with Crippen LogP contribution in [0.3, 0.4) is 0 Å². The van der Waals surface area contributed by atoms with E-state index in [4.69, 9.17) is 14.2 Å². The molecular formula is C19H22N2O4. The van der Waals surface area contributed by atoms with E-state index in [1.54, 1.807) is 13.2 Å². The molecule has 0 atom stereocenters. The Bertz CT molecular complexity index is 808. The molecule has 0 radical (unpaired) electrons. The summed E-state index contributed by atoms with van der Waals surface area (Å²) < 4.78 is 17.9. The van der Waals surface area contributed by atoms with E-state index >= 15 is 0 Å². The van der Waals surface area contributed by atoms with Crippen LogP contribution in [0.2, 0.25) is 0 Å². The molecule has 1 aromatic heterocycles. The van der Waals surface area contributed by atoms with Crippen LogP contribution in [-0.4, -0.2) is 37.5 Å². The summed E-state index contributed by atoms with van der Waals surface area (Å²) in [7, 11) is 1.60. The Kier molecular flexibility index (Phi) is 5.09. The van der Waals surface area contributed by atoms with Gasteiger partial charge in [0, 0.05) is 42.9 Å². The molecule has 1 aliphatic heterocycles. The summed E-state index contributed by atoms with van der Waals surface area (Å²) in [5.74, 6) is 1.38. The number of aryl methyl sites for hydroxylation is 1. The molecule has 1 N–H and O–H groups in total. The fraction of sp³-hybridized carbons (Fsp3) is 0.316. The second-order valence-electron chi connectivity index (χ2n) is 5.82. The van der Waals surface area contributed by atoms with Gasteiger partial charge in [-0.3, -0.25) is 4.79 Å². The number of ether oxygens (including phenoxy) is 3. The number of carbonyl (C=O) groups excluding carboxylic acids is 1. The Hall–Kier alpha value is -2.73. The van der Waals surface area contributed by atoms with Crippen molar-refractivity contribution < 1.29 is 19.0 Å². The molecule has 0 saturated carbocycles. The monoisotopic (exact) mass is 342 g/mol. The van der Waals surface area contributed by atoms with Crippen LogP contribution in [0, 0.1) is 13.8 Å². The molecule has 6 heteroatoms. The Morgan fingerprint density at radius 2 is 2.08 bits per heavy atom. The maximum Gasteiger partial charge on any atom is 0.244 e. The van der Waals surface area contributed by atoms with Crippen LogP contribution in [0.4, 0.5) is 0 Å². The number of amides is 1. The van der Waals surface area contributed by atoms with Gasteiger partial charge in [0.25, 0.3) is 0 Å². The van der Waals surface area contributed by atoms with Gasteiger partial charge in [0.15, 0.2) is 11.5 Å². The topological polar surface area (TPSA) is 61.7 Å². The molecule has 0 fully saturated rings. The predicted octanol–water partition coefficient (Wildman–Crippen LogP) is 2.60. The van der Waals surface area contributed by atoms with Crippen molar-refractivity contribution in [2.75, 3.05) is 27.1 Å². The summed E-state index contributed by atoms with van der Waals surface area (Å²) in [6.07, 6.45) is 3.37. The molecule has 0 bridgehead atoms. The van der Waals surface area contributed by atoms with Gasteiger partial charge in [0.1, 0.15) is 0 Å². The smallest absolute Gasteiger partial charge is 0.244 e. The molecule has 0 aliphatic carbocycles. The van der Waals surface area contributed by atoms with Gasteiger partial charge < -0.3 is 24.1 Å². The molecule has 132 valence electrons. The Balaban J connectivity index is 1.80. The Morgan fingerprint density at radius 3 is 2.88 bits per heavy atom. The zero-order chi connectivity index (χ0) is 17.8. The maximum absolute atomic E-state index is 11.8. The summed E-state index contributed by atoms with van der Waals surface area (Å²) in [6, 6.07) is 7.93. The molecule has 3 rings (SSSR count). The molecular weight excluding hydrogens is 320 g/mol. The quantitative estimate of drug-likeness (QED) is 0.647. The first-order chi connectivity index (χ1) is 12.1. The van der Waals surface area contributed by atoms with Crippen LogP contribution in [-0.2, 0) is 9.53 Å². The molecule has 25 heavy (non-hydrogen) atoms. The van der Waals surface area contributed by atoms with E-state index in [0.29, 0.717) is 13.2 Å². The fourth-order valence-electron chi connectivity index (χ4n) is 2.88. The lowest BCUT2D eigenvalue weighted by molar-refractivity contribution is -0.116. The average molecular weight is 342 g/mol. The standard InChI is InChI=1S/C19H22N2O4/c1-13-10-15(4-7-19(22)20-8-9-23-3)14(2)21(13)16-5-6-17-18(11-16)25-12-24-17/h4-7,10-11H,8-9,12H2,1-3H3,(H,20,22). The van der Waals surface area contributed by atoms with Gasteiger partial charge in [0.2, 0.25) is 12.7 Å². The third kappa shape index (κ3) is 3.69. The minimum atomic E-state index is -0.134. The number of carbonyl (C=O) groups is 1. The van der Waals surface area contributed by atoms with Gasteiger partial charge >= 0.3 is 0 Å². The van der Waals surface area contributed by atoms with E-state index in [-0.39, 0.29) is 12.7 Å². The highest BCUT2D eigenvalue weighted by Gasteiger charge is 2.16. The first-order valence-corrected chi connectivity index (χ1v) is 8.14. The van der Waals surface area contributed by atoms with Crippen molar-refractivity contribution in [1.82, 2.24) is 9.88 Å². The number of rotatable bonds is 6. The fourth-order valence-corrected chi connectivity index (χ4v) is 2.88. The van der Waals surface area contributed by atoms with Crippen LogP contribution >= 0.6 is 0 Å². The van der Waals surface area contributed by atoms with Gasteiger partial charge in [-0.05, 0) is 43.7 Å². The number of nitrogens with zero attached hydrogens (tertiary/aromatic N) is 1. The van der Waals surface area contributed by atoms with Gasteiger partial charge in [-0.2, -0.15) is 0 Å². The highest BCUT2D eigenvalue weighted by atomic mass is 16.7. The first kappa shape index (κ1) is 17.1. The molecule has 0 saturated heterocycles. The third-order valence-electron chi connectivity index (χ3n) is 4.10. The largest absolute Gasteiger partial charge is 0.454 e. The lowest BCUT2D eigenvalue weighted by Crippen LogP contribution is -2.24. The van der Waals surface area contributed by atoms with Gasteiger partial charge in [-0.25, -0.2) is 0 Å². The third-order valence-corrected chi connectivity index (χ3v) is 4.10. The summed E-state index contributed by atoms with van der Waals surface area (Å²) >= 11 is 0. The highest BCUT2D eigenvalue weighted by molar-refractivity contribution is 5.91. The Labute approximate surface area is 147 Å². The van der Waals surface area contributed by atoms with Crippen LogP contribution in [0.15, 0.2) is 30.3 Å². The molecule has 0 unspecified atom stereocenters. The minimum absolute atomic E-state index is 0.134. The van der Waals surface area contributed by atoms with Crippen molar-refractivity contribution in [3.63, 3.8) is 0 Å². The summed E-state index contributed by atoms with van der Waals surface area (Å²) in [5.41, 5.74) is 4.13. The molecule has 1 aromatic carbocycles. The van der Waals surface area contributed by atoms with Crippen LogP contribution in [0.5, 0.6) is 11.5 Å². The minimum Gasteiger partial charge on any atom is -0.454 e. The molecule has 2 heterocycles. The maximum atomic E-state index is 11.8. The number of aromatic nitrogens is 1. The van der Waals surface area contributed by atoms with E-state index in [0.717, 1.165) is 34.1 Å². The zero-order valence-electron chi connectivity index (χ0n) is 14.7. The summed E-state index contributed by atoms with van der Waals surface area (Å²) in [5, 5.41) is 2.77. The number of nitrogens with one attached hydrogen (secondary N) is 1. The van der Waals surface area contributed by atoms with Crippen molar-refractivity contribution in [2.24, 2.45) is 0 Å². The van der Waals surface area contributed by atoms with Crippen molar-refractivity contribution in [3.05, 3.63) is 47.3 Å². The Morgan fingerprint density at radius 1 is 1.28 bits per heavy atom. The van der Waals surface area contributed by atoms with Gasteiger partial charge in [-0.1, -0.05) is 0 Å². The predicted molar refractivity (Wildman–Crippen MR) is 95.3 cm³/mol. The molecule has 0 spiro atoms. The number of benzene rings is 1. The van der Waals surface area contributed by atoms with Gasteiger partial charge in [-0.15, -0.1) is 0 Å². The summed E-state index contributed by atoms with van der Waals surface area (Å²) in [6.45, 7) is 5.32. The SMILES string of the molecule is COCCNC(=O)C=Cc1cc(C)n(-c2ccc3c(c2)OCO3)c1C. The second-order valence-corrected chi connectivity index (χ2v) is 5.82. The molecule has 2 aromatic rings. The van der Waals surface area contributed by atoms with Crippen LogP contribution in [0.1, 0.15) is 17.0 Å². The van der Waals surface area contributed by atoms with Crippen molar-refractivity contribution in [3.8, 4) is 17.2 Å². The highest BCUT2D eigenvalue weighted by Crippen LogP contribution is 2.34. The number of hydrogen-bond donors (Lipinski definition) is 1. The number of methoxy groups -OCH3 is 1. The van der Waals surface area contributed by atoms with Crippen LogP contribution < -0.4 is 14.8 Å². The van der Waals surface area contributed by atoms with E-state index < -0.39 is 0 Å². The van der Waals surface area contributed by atoms with Crippen LogP contribution in [0.25, 0.3) is 11.8 Å². The number of fused-ring (bicyclic) bond motifs is 1. The normalized spacial score (nSPS) is 12.8. The van der Waals surface area contributed by atoms with Crippen molar-refractivity contribution in [2.45, 2.75) is 13.8 Å². The second kappa shape index (κ2) is 7.44. The lowest BCUT2D eigenvalue weighted by Gasteiger charge is -2.10. The first-order valence-electron chi connectivity index (χ1n) is 8.14.